The van der Waals surface area contributed by atoms with Crippen LogP contribution in [0.3, 0.4) is 0 Å². The lowest BCUT2D eigenvalue weighted by molar-refractivity contribution is 0.113. The number of pyridine rings is 1. The number of halogens is 1. The van der Waals surface area contributed by atoms with Gasteiger partial charge in [-0.25, -0.2) is 0 Å². The molecule has 0 aliphatic carbocycles. The summed E-state index contributed by atoms with van der Waals surface area (Å²) in [6.07, 6.45) is 3.34. The molecule has 0 bridgehead atoms. The molecule has 19 heavy (non-hydrogen) atoms. The van der Waals surface area contributed by atoms with Gasteiger partial charge in [0, 0.05) is 18.9 Å². The van der Waals surface area contributed by atoms with Gasteiger partial charge in [-0.2, -0.15) is 0 Å². The first-order chi connectivity index (χ1) is 9.16. The van der Waals surface area contributed by atoms with E-state index in [0.29, 0.717) is 24.2 Å². The van der Waals surface area contributed by atoms with Gasteiger partial charge in [0.25, 0.3) is 0 Å². The van der Waals surface area contributed by atoms with Gasteiger partial charge in [0.1, 0.15) is 0 Å². The number of anilines is 1. The Labute approximate surface area is 119 Å². The van der Waals surface area contributed by atoms with Crippen LogP contribution in [0.2, 0.25) is 0 Å². The van der Waals surface area contributed by atoms with Crippen molar-refractivity contribution >= 4 is 21.6 Å². The second-order valence-corrected chi connectivity index (χ2v) is 5.02. The van der Waals surface area contributed by atoms with Gasteiger partial charge in [0.05, 0.1) is 23.4 Å². The molecule has 2 aromatic rings. The average Bonchev–Trinajstić information content (AvgIpc) is 2.42. The lowest BCUT2D eigenvalue weighted by atomic mass is 10.2. The van der Waals surface area contributed by atoms with Crippen LogP contribution in [0.1, 0.15) is 5.56 Å². The Bertz CT molecular complexity index is 570. The molecule has 0 saturated carbocycles. The van der Waals surface area contributed by atoms with Crippen molar-refractivity contribution in [3.05, 3.63) is 63.0 Å². The van der Waals surface area contributed by atoms with Crippen LogP contribution in [-0.2, 0) is 17.9 Å². The Balaban J connectivity index is 1.85. The molecule has 2 rings (SSSR count). The fraction of sp³-hybridized carbons (Fsp3) is 0.214. The summed E-state index contributed by atoms with van der Waals surface area (Å²) in [5.74, 6) is 0. The minimum Gasteiger partial charge on any atom is -0.394 e. The molecule has 0 aliphatic rings. The molecule has 1 heterocycles. The van der Waals surface area contributed by atoms with Crippen LogP contribution in [0.15, 0.2) is 52.0 Å². The Morgan fingerprint density at radius 3 is 2.63 bits per heavy atom. The van der Waals surface area contributed by atoms with E-state index in [4.69, 9.17) is 10.5 Å². The largest absolute Gasteiger partial charge is 0.394 e. The van der Waals surface area contributed by atoms with Crippen LogP contribution in [0, 0.1) is 0 Å². The average molecular weight is 323 g/mol. The maximum Gasteiger partial charge on any atom is 0.218 e. The third-order valence-corrected chi connectivity index (χ3v) is 3.23. The first kappa shape index (κ1) is 13.8. The Hall–Kier alpha value is -1.59. The van der Waals surface area contributed by atoms with Crippen molar-refractivity contribution in [1.82, 2.24) is 4.57 Å². The van der Waals surface area contributed by atoms with Crippen LogP contribution < -0.4 is 11.2 Å². The van der Waals surface area contributed by atoms with Crippen molar-refractivity contribution in [3.8, 4) is 0 Å². The van der Waals surface area contributed by atoms with E-state index in [1.807, 2.05) is 34.9 Å². The minimum absolute atomic E-state index is 0.179. The molecule has 1 aromatic carbocycles. The molecular weight excluding hydrogens is 308 g/mol. The molecule has 5 heteroatoms. The molecule has 4 nitrogen and oxygen atoms in total. The predicted molar refractivity (Wildman–Crippen MR) is 78.9 cm³/mol. The zero-order valence-electron chi connectivity index (χ0n) is 10.4. The van der Waals surface area contributed by atoms with E-state index in [1.165, 1.54) is 0 Å². The van der Waals surface area contributed by atoms with Gasteiger partial charge < -0.3 is 15.0 Å². The van der Waals surface area contributed by atoms with Crippen molar-refractivity contribution in [2.45, 2.75) is 13.2 Å². The zero-order valence-corrected chi connectivity index (χ0v) is 12.0. The van der Waals surface area contributed by atoms with Gasteiger partial charge in [-0.3, -0.25) is 4.79 Å². The summed E-state index contributed by atoms with van der Waals surface area (Å²) in [4.78, 5) is 11.4. The molecule has 0 aliphatic heterocycles. The Morgan fingerprint density at radius 2 is 1.95 bits per heavy atom. The molecule has 0 unspecified atom stereocenters. The third-order valence-electron chi connectivity index (χ3n) is 2.67. The summed E-state index contributed by atoms with van der Waals surface area (Å²) in [5, 5.41) is 0. The summed E-state index contributed by atoms with van der Waals surface area (Å²) < 4.78 is 7.89. The van der Waals surface area contributed by atoms with E-state index in [2.05, 4.69) is 15.9 Å². The van der Waals surface area contributed by atoms with Crippen molar-refractivity contribution in [2.75, 3.05) is 12.3 Å². The van der Waals surface area contributed by atoms with Crippen molar-refractivity contribution < 1.29 is 4.74 Å². The van der Waals surface area contributed by atoms with Crippen LogP contribution in [0.25, 0.3) is 0 Å². The lowest BCUT2D eigenvalue weighted by Gasteiger charge is -2.09. The second kappa shape index (κ2) is 6.54. The normalized spacial score (nSPS) is 10.6. The Kier molecular flexibility index (Phi) is 4.76. The van der Waals surface area contributed by atoms with Crippen LogP contribution in [0.5, 0.6) is 0 Å². The zero-order chi connectivity index (χ0) is 13.7. The van der Waals surface area contributed by atoms with E-state index in [0.717, 1.165) is 5.56 Å². The minimum atomic E-state index is -0.179. The molecule has 0 spiro atoms. The number of hydrogen-bond donors (Lipinski definition) is 1. The van der Waals surface area contributed by atoms with Crippen molar-refractivity contribution in [3.63, 3.8) is 0 Å². The fourth-order valence-corrected chi connectivity index (χ4v) is 2.17. The van der Waals surface area contributed by atoms with Gasteiger partial charge in [-0.1, -0.05) is 30.3 Å². The summed E-state index contributed by atoms with van der Waals surface area (Å²) in [7, 11) is 0. The summed E-state index contributed by atoms with van der Waals surface area (Å²) in [6, 6.07) is 9.99. The van der Waals surface area contributed by atoms with Gasteiger partial charge in [-0.05, 0) is 21.5 Å². The molecule has 0 atom stereocenters. The van der Waals surface area contributed by atoms with E-state index >= 15 is 0 Å². The summed E-state index contributed by atoms with van der Waals surface area (Å²) in [6.45, 7) is 1.79. The third kappa shape index (κ3) is 3.94. The molecule has 1 aromatic heterocycles. The van der Waals surface area contributed by atoms with E-state index in [1.54, 1.807) is 12.4 Å². The number of benzene rings is 1. The quantitative estimate of drug-likeness (QED) is 0.860. The highest BCUT2D eigenvalue weighted by molar-refractivity contribution is 9.10. The number of nitrogens with zero attached hydrogens (tertiary/aromatic N) is 1. The second-order valence-electron chi connectivity index (χ2n) is 4.17. The summed E-state index contributed by atoms with van der Waals surface area (Å²) in [5.41, 5.74) is 6.81. The highest BCUT2D eigenvalue weighted by atomic mass is 79.9. The topological polar surface area (TPSA) is 57.2 Å². The maximum absolute atomic E-state index is 11.4. The molecule has 0 amide bonds. The standard InChI is InChI=1S/C14H15BrN2O2/c15-12-8-17(9-13(16)14(12)18)6-7-19-10-11-4-2-1-3-5-11/h1-5,8-9H,6-7,10,16H2. The molecule has 0 radical (unpaired) electrons. The maximum atomic E-state index is 11.4. The van der Waals surface area contributed by atoms with Gasteiger partial charge in [-0.15, -0.1) is 0 Å². The van der Waals surface area contributed by atoms with E-state index < -0.39 is 0 Å². The van der Waals surface area contributed by atoms with Gasteiger partial charge in [0.2, 0.25) is 5.43 Å². The predicted octanol–water partition coefficient (Wildman–Crippen LogP) is 2.41. The molecule has 0 fully saturated rings. The molecule has 100 valence electrons. The number of nitrogen functional groups attached to an aromatic ring is 1. The van der Waals surface area contributed by atoms with Crippen molar-refractivity contribution in [1.29, 1.82) is 0 Å². The van der Waals surface area contributed by atoms with Crippen molar-refractivity contribution in [2.24, 2.45) is 0 Å². The lowest BCUT2D eigenvalue weighted by Crippen LogP contribution is -2.15. The molecular formula is C14H15BrN2O2. The number of ether oxygens (including phenoxy) is 1. The number of hydrogen-bond acceptors (Lipinski definition) is 3. The van der Waals surface area contributed by atoms with Crippen LogP contribution >= 0.6 is 15.9 Å². The molecule has 0 saturated heterocycles. The van der Waals surface area contributed by atoms with Gasteiger partial charge in [0.15, 0.2) is 0 Å². The monoisotopic (exact) mass is 322 g/mol. The highest BCUT2D eigenvalue weighted by Crippen LogP contribution is 2.06. The highest BCUT2D eigenvalue weighted by Gasteiger charge is 2.02. The number of nitrogens with two attached hydrogens (primary N) is 1. The fourth-order valence-electron chi connectivity index (χ4n) is 1.68. The number of aromatic nitrogens is 1. The first-order valence-electron chi connectivity index (χ1n) is 5.93. The van der Waals surface area contributed by atoms with E-state index in [9.17, 15) is 4.79 Å². The smallest absolute Gasteiger partial charge is 0.218 e. The van der Waals surface area contributed by atoms with Gasteiger partial charge >= 0.3 is 0 Å². The number of rotatable bonds is 5. The van der Waals surface area contributed by atoms with Crippen LogP contribution in [-0.4, -0.2) is 11.2 Å². The summed E-state index contributed by atoms with van der Waals surface area (Å²) >= 11 is 3.19. The van der Waals surface area contributed by atoms with Crippen LogP contribution in [0.4, 0.5) is 5.69 Å². The Morgan fingerprint density at radius 1 is 1.21 bits per heavy atom. The van der Waals surface area contributed by atoms with E-state index in [-0.39, 0.29) is 11.1 Å². The molecule has 2 N–H and O–H groups in total. The first-order valence-corrected chi connectivity index (χ1v) is 6.73. The SMILES string of the molecule is Nc1cn(CCOCc2ccccc2)cc(Br)c1=O.